The molecular formula is C10H13N3O5. The number of nitrogens with zero attached hydrogens (tertiary/aromatic N) is 2. The third-order valence-corrected chi connectivity index (χ3v) is 2.22. The fraction of sp³-hybridized carbons (Fsp3) is 0.400. The summed E-state index contributed by atoms with van der Waals surface area (Å²) in [6.07, 6.45) is 2.23. The Morgan fingerprint density at radius 3 is 2.56 bits per heavy atom. The SMILES string of the molecule is Cn1cc(C(=O)NC(CCC(=O)O)C(=O)O)cn1. The summed E-state index contributed by atoms with van der Waals surface area (Å²) in [6.45, 7) is 0. The van der Waals surface area contributed by atoms with Crippen LogP contribution in [0, 0.1) is 0 Å². The van der Waals surface area contributed by atoms with Crippen LogP contribution in [-0.2, 0) is 16.6 Å². The van der Waals surface area contributed by atoms with Crippen LogP contribution < -0.4 is 5.32 Å². The van der Waals surface area contributed by atoms with Crippen molar-refractivity contribution in [1.82, 2.24) is 15.1 Å². The normalized spacial score (nSPS) is 11.8. The van der Waals surface area contributed by atoms with Gasteiger partial charge in [-0.25, -0.2) is 4.79 Å². The minimum absolute atomic E-state index is 0.170. The number of carbonyl (C=O) groups is 3. The second-order valence-electron chi connectivity index (χ2n) is 3.70. The van der Waals surface area contributed by atoms with Gasteiger partial charge in [-0.05, 0) is 6.42 Å². The van der Waals surface area contributed by atoms with Crippen molar-refractivity contribution in [2.24, 2.45) is 7.05 Å². The Bertz CT molecular complexity index is 468. The zero-order valence-corrected chi connectivity index (χ0v) is 9.66. The van der Waals surface area contributed by atoms with Gasteiger partial charge < -0.3 is 15.5 Å². The Morgan fingerprint density at radius 1 is 1.44 bits per heavy atom. The van der Waals surface area contributed by atoms with Gasteiger partial charge >= 0.3 is 11.9 Å². The molecule has 8 nitrogen and oxygen atoms in total. The molecule has 3 N–H and O–H groups in total. The number of carboxylic acids is 2. The van der Waals surface area contributed by atoms with Gasteiger partial charge in [-0.2, -0.15) is 5.10 Å². The van der Waals surface area contributed by atoms with Crippen LogP contribution in [0.15, 0.2) is 12.4 Å². The summed E-state index contributed by atoms with van der Waals surface area (Å²) < 4.78 is 1.40. The zero-order valence-electron chi connectivity index (χ0n) is 9.66. The summed E-state index contributed by atoms with van der Waals surface area (Å²) in [5.74, 6) is -2.98. The Hall–Kier alpha value is -2.38. The number of carbonyl (C=O) groups excluding carboxylic acids is 1. The molecule has 0 aromatic carbocycles. The minimum Gasteiger partial charge on any atom is -0.481 e. The fourth-order valence-electron chi connectivity index (χ4n) is 1.31. The molecular weight excluding hydrogens is 242 g/mol. The number of aromatic nitrogens is 2. The maximum Gasteiger partial charge on any atom is 0.326 e. The molecule has 98 valence electrons. The number of rotatable bonds is 6. The van der Waals surface area contributed by atoms with Crippen LogP contribution >= 0.6 is 0 Å². The molecule has 1 aromatic rings. The van der Waals surface area contributed by atoms with Gasteiger partial charge in [0.2, 0.25) is 0 Å². The predicted octanol–water partition coefficient (Wildman–Crippen LogP) is -0.532. The lowest BCUT2D eigenvalue weighted by Crippen LogP contribution is -2.41. The molecule has 1 rings (SSSR count). The zero-order chi connectivity index (χ0) is 13.7. The van der Waals surface area contributed by atoms with Crippen LogP contribution in [0.25, 0.3) is 0 Å². The molecule has 0 spiro atoms. The van der Waals surface area contributed by atoms with Crippen LogP contribution in [0.1, 0.15) is 23.2 Å². The standard InChI is InChI=1S/C10H13N3O5/c1-13-5-6(4-11-13)9(16)12-7(10(17)18)2-3-8(14)15/h4-5,7H,2-3H2,1H3,(H,12,16)(H,14,15)(H,17,18). The Kier molecular flexibility index (Phi) is 4.41. The molecule has 0 saturated heterocycles. The maximum atomic E-state index is 11.6. The van der Waals surface area contributed by atoms with Crippen LogP contribution in [0.5, 0.6) is 0 Å². The molecule has 18 heavy (non-hydrogen) atoms. The van der Waals surface area contributed by atoms with Crippen LogP contribution in [-0.4, -0.2) is 43.9 Å². The quantitative estimate of drug-likeness (QED) is 0.628. The first-order valence-electron chi connectivity index (χ1n) is 5.14. The topological polar surface area (TPSA) is 122 Å². The second-order valence-corrected chi connectivity index (χ2v) is 3.70. The monoisotopic (exact) mass is 255 g/mol. The van der Waals surface area contributed by atoms with Crippen LogP contribution in [0.2, 0.25) is 0 Å². The fourth-order valence-corrected chi connectivity index (χ4v) is 1.31. The van der Waals surface area contributed by atoms with Gasteiger partial charge in [0.15, 0.2) is 0 Å². The molecule has 0 aliphatic rings. The van der Waals surface area contributed by atoms with E-state index in [0.29, 0.717) is 0 Å². The summed E-state index contributed by atoms with van der Waals surface area (Å²) in [5, 5.41) is 23.4. The smallest absolute Gasteiger partial charge is 0.326 e. The summed E-state index contributed by atoms with van der Waals surface area (Å²) in [5.41, 5.74) is 0.221. The molecule has 1 unspecified atom stereocenters. The number of amides is 1. The summed E-state index contributed by atoms with van der Waals surface area (Å²) in [7, 11) is 1.62. The van der Waals surface area contributed by atoms with E-state index in [1.54, 1.807) is 7.05 Å². The van der Waals surface area contributed by atoms with Gasteiger partial charge in [-0.3, -0.25) is 14.3 Å². The summed E-state index contributed by atoms with van der Waals surface area (Å²) in [6, 6.07) is -1.23. The number of aliphatic carboxylic acids is 2. The van der Waals surface area contributed by atoms with Gasteiger partial charge in [0.05, 0.1) is 11.8 Å². The Labute approximate surface area is 102 Å². The van der Waals surface area contributed by atoms with E-state index in [0.717, 1.165) is 0 Å². The van der Waals surface area contributed by atoms with Gasteiger partial charge in [-0.15, -0.1) is 0 Å². The molecule has 0 fully saturated rings. The van der Waals surface area contributed by atoms with Crippen molar-refractivity contribution in [3.63, 3.8) is 0 Å². The lowest BCUT2D eigenvalue weighted by atomic mass is 10.1. The van der Waals surface area contributed by atoms with Crippen molar-refractivity contribution in [2.45, 2.75) is 18.9 Å². The highest BCUT2D eigenvalue weighted by molar-refractivity contribution is 5.96. The van der Waals surface area contributed by atoms with E-state index in [1.165, 1.54) is 17.1 Å². The molecule has 0 saturated carbocycles. The Balaban J connectivity index is 2.63. The van der Waals surface area contributed by atoms with E-state index < -0.39 is 23.9 Å². The predicted molar refractivity (Wildman–Crippen MR) is 59.0 cm³/mol. The minimum atomic E-state index is -1.27. The highest BCUT2D eigenvalue weighted by Gasteiger charge is 2.22. The first kappa shape index (κ1) is 13.7. The highest BCUT2D eigenvalue weighted by atomic mass is 16.4. The molecule has 1 atom stereocenters. The van der Waals surface area contributed by atoms with Crippen molar-refractivity contribution in [3.05, 3.63) is 18.0 Å². The number of aryl methyl sites for hydroxylation is 1. The molecule has 0 aliphatic heterocycles. The first-order chi connectivity index (χ1) is 8.40. The van der Waals surface area contributed by atoms with Crippen molar-refractivity contribution in [1.29, 1.82) is 0 Å². The molecule has 1 amide bonds. The molecule has 0 radical (unpaired) electrons. The van der Waals surface area contributed by atoms with Crippen molar-refractivity contribution in [2.75, 3.05) is 0 Å². The van der Waals surface area contributed by atoms with E-state index in [4.69, 9.17) is 10.2 Å². The highest BCUT2D eigenvalue weighted by Crippen LogP contribution is 2.02. The summed E-state index contributed by atoms with van der Waals surface area (Å²) in [4.78, 5) is 32.9. The van der Waals surface area contributed by atoms with Gasteiger partial charge in [0.1, 0.15) is 6.04 Å². The van der Waals surface area contributed by atoms with E-state index in [2.05, 4.69) is 10.4 Å². The van der Waals surface area contributed by atoms with E-state index >= 15 is 0 Å². The van der Waals surface area contributed by atoms with E-state index in [9.17, 15) is 14.4 Å². The van der Waals surface area contributed by atoms with Crippen molar-refractivity contribution < 1.29 is 24.6 Å². The number of hydrogen-bond acceptors (Lipinski definition) is 4. The lowest BCUT2D eigenvalue weighted by Gasteiger charge is -2.12. The molecule has 1 aromatic heterocycles. The number of hydrogen-bond donors (Lipinski definition) is 3. The van der Waals surface area contributed by atoms with Gasteiger partial charge in [0.25, 0.3) is 5.91 Å². The number of carboxylic acid groups (broad SMARTS) is 2. The van der Waals surface area contributed by atoms with Crippen molar-refractivity contribution >= 4 is 17.8 Å². The van der Waals surface area contributed by atoms with E-state index in [1.807, 2.05) is 0 Å². The Morgan fingerprint density at radius 2 is 2.11 bits per heavy atom. The van der Waals surface area contributed by atoms with Crippen LogP contribution in [0.3, 0.4) is 0 Å². The van der Waals surface area contributed by atoms with E-state index in [-0.39, 0.29) is 18.4 Å². The third kappa shape index (κ3) is 3.89. The molecule has 0 bridgehead atoms. The lowest BCUT2D eigenvalue weighted by molar-refractivity contribution is -0.140. The third-order valence-electron chi connectivity index (χ3n) is 2.22. The first-order valence-corrected chi connectivity index (χ1v) is 5.14. The molecule has 8 heteroatoms. The average molecular weight is 255 g/mol. The largest absolute Gasteiger partial charge is 0.481 e. The second kappa shape index (κ2) is 5.80. The van der Waals surface area contributed by atoms with Gasteiger partial charge in [0, 0.05) is 19.7 Å². The molecule has 1 heterocycles. The van der Waals surface area contributed by atoms with Crippen LogP contribution in [0.4, 0.5) is 0 Å². The summed E-state index contributed by atoms with van der Waals surface area (Å²) >= 11 is 0. The van der Waals surface area contributed by atoms with Gasteiger partial charge in [-0.1, -0.05) is 0 Å². The average Bonchev–Trinajstić information content (AvgIpc) is 2.70. The maximum absolute atomic E-state index is 11.6. The molecule has 0 aliphatic carbocycles. The number of nitrogens with one attached hydrogen (secondary N) is 1. The van der Waals surface area contributed by atoms with Crippen molar-refractivity contribution in [3.8, 4) is 0 Å².